The van der Waals surface area contributed by atoms with E-state index in [1.165, 1.54) is 24.3 Å². The number of benzene rings is 2. The van der Waals surface area contributed by atoms with Gasteiger partial charge in [0.25, 0.3) is 5.91 Å². The van der Waals surface area contributed by atoms with Crippen molar-refractivity contribution in [2.24, 2.45) is 5.92 Å². The van der Waals surface area contributed by atoms with Crippen molar-refractivity contribution < 1.29 is 13.2 Å². The molecule has 0 fully saturated rings. The summed E-state index contributed by atoms with van der Waals surface area (Å²) in [6.45, 7) is 6.80. The molecule has 0 heterocycles. The molecule has 5 nitrogen and oxygen atoms in total. The summed E-state index contributed by atoms with van der Waals surface area (Å²) in [5.74, 6) is 0.153. The van der Waals surface area contributed by atoms with E-state index >= 15 is 0 Å². The van der Waals surface area contributed by atoms with Gasteiger partial charge in [-0.05, 0) is 42.7 Å². The third-order valence-corrected chi connectivity index (χ3v) is 5.10. The van der Waals surface area contributed by atoms with E-state index in [1.54, 1.807) is 0 Å². The first-order valence-electron chi connectivity index (χ1n) is 8.21. The minimum absolute atomic E-state index is 0.139. The van der Waals surface area contributed by atoms with Gasteiger partial charge in [0.2, 0.25) is 10.0 Å². The number of amides is 1. The Hall–Kier alpha value is -2.18. The lowest BCUT2D eigenvalue weighted by molar-refractivity contribution is 0.0949. The van der Waals surface area contributed by atoms with Gasteiger partial charge in [0.15, 0.2) is 0 Å². The number of hydrogen-bond acceptors (Lipinski definition) is 3. The summed E-state index contributed by atoms with van der Waals surface area (Å²) in [6.07, 6.45) is 0. The summed E-state index contributed by atoms with van der Waals surface area (Å²) in [4.78, 5) is 12.1. The highest BCUT2D eigenvalue weighted by atomic mass is 32.2. The van der Waals surface area contributed by atoms with Gasteiger partial charge in [-0.15, -0.1) is 0 Å². The van der Waals surface area contributed by atoms with Crippen LogP contribution in [-0.4, -0.2) is 20.9 Å². The molecule has 0 bridgehead atoms. The zero-order chi connectivity index (χ0) is 18.4. The monoisotopic (exact) mass is 360 g/mol. The molecule has 0 atom stereocenters. The second kappa shape index (κ2) is 8.27. The summed E-state index contributed by atoms with van der Waals surface area (Å²) >= 11 is 0. The molecular weight excluding hydrogens is 336 g/mol. The highest BCUT2D eigenvalue weighted by Gasteiger charge is 2.15. The number of carbonyl (C=O) groups excluding carboxylic acids is 1. The fourth-order valence-corrected chi connectivity index (χ4v) is 3.17. The van der Waals surface area contributed by atoms with E-state index in [-0.39, 0.29) is 17.3 Å². The largest absolute Gasteiger partial charge is 0.352 e. The van der Waals surface area contributed by atoms with Gasteiger partial charge < -0.3 is 5.32 Å². The van der Waals surface area contributed by atoms with Crippen LogP contribution < -0.4 is 10.0 Å². The van der Waals surface area contributed by atoms with Gasteiger partial charge in [0.05, 0.1) is 4.90 Å². The molecule has 25 heavy (non-hydrogen) atoms. The van der Waals surface area contributed by atoms with Crippen LogP contribution in [0.25, 0.3) is 0 Å². The van der Waals surface area contributed by atoms with Gasteiger partial charge in [-0.25, -0.2) is 13.1 Å². The maximum absolute atomic E-state index is 12.4. The third-order valence-electron chi connectivity index (χ3n) is 3.68. The van der Waals surface area contributed by atoms with Gasteiger partial charge in [-0.1, -0.05) is 43.7 Å². The SMILES string of the molecule is Cc1ccc(CNS(=O)(=O)c2ccc(C(=O)NCC(C)C)cc2)cc1. The molecule has 2 N–H and O–H groups in total. The van der Waals surface area contributed by atoms with Crippen LogP contribution in [0.5, 0.6) is 0 Å². The Labute approximate surface area is 149 Å². The topological polar surface area (TPSA) is 75.3 Å². The molecule has 0 aromatic heterocycles. The number of sulfonamides is 1. The van der Waals surface area contributed by atoms with Crippen molar-refractivity contribution in [3.63, 3.8) is 0 Å². The van der Waals surface area contributed by atoms with Crippen LogP contribution in [0.3, 0.4) is 0 Å². The average Bonchev–Trinajstić information content (AvgIpc) is 2.59. The van der Waals surface area contributed by atoms with Crippen LogP contribution in [0.4, 0.5) is 0 Å². The van der Waals surface area contributed by atoms with Crippen LogP contribution >= 0.6 is 0 Å². The van der Waals surface area contributed by atoms with E-state index in [0.29, 0.717) is 18.0 Å². The van der Waals surface area contributed by atoms with E-state index in [0.717, 1.165) is 11.1 Å². The summed E-state index contributed by atoms with van der Waals surface area (Å²) < 4.78 is 27.3. The van der Waals surface area contributed by atoms with Crippen LogP contribution in [0.15, 0.2) is 53.4 Å². The number of nitrogens with one attached hydrogen (secondary N) is 2. The minimum atomic E-state index is -3.62. The van der Waals surface area contributed by atoms with Crippen molar-refractivity contribution in [3.05, 3.63) is 65.2 Å². The first kappa shape index (κ1) is 19.1. The molecule has 0 aliphatic rings. The molecule has 0 radical (unpaired) electrons. The number of rotatable bonds is 7. The number of hydrogen-bond donors (Lipinski definition) is 2. The third kappa shape index (κ3) is 5.69. The molecule has 1 amide bonds. The number of carbonyl (C=O) groups is 1. The Kier molecular flexibility index (Phi) is 6.33. The molecule has 0 saturated carbocycles. The molecule has 0 unspecified atom stereocenters. The Morgan fingerprint density at radius 2 is 1.60 bits per heavy atom. The molecule has 0 spiro atoms. The second-order valence-corrected chi connectivity index (χ2v) is 8.21. The minimum Gasteiger partial charge on any atom is -0.352 e. The fraction of sp³-hybridized carbons (Fsp3) is 0.316. The zero-order valence-corrected chi connectivity index (χ0v) is 15.6. The molecule has 6 heteroatoms. The predicted octanol–water partition coefficient (Wildman–Crippen LogP) is 2.86. The van der Waals surface area contributed by atoms with Crippen molar-refractivity contribution >= 4 is 15.9 Å². The van der Waals surface area contributed by atoms with Gasteiger partial charge in [0.1, 0.15) is 0 Å². The Bertz CT molecular complexity index is 811. The summed E-state index contributed by atoms with van der Waals surface area (Å²) in [5.41, 5.74) is 2.45. The van der Waals surface area contributed by atoms with Crippen LogP contribution in [0, 0.1) is 12.8 Å². The zero-order valence-electron chi connectivity index (χ0n) is 14.7. The Morgan fingerprint density at radius 1 is 1.00 bits per heavy atom. The molecule has 2 aromatic carbocycles. The first-order chi connectivity index (χ1) is 11.8. The van der Waals surface area contributed by atoms with Crippen molar-refractivity contribution in [2.75, 3.05) is 6.54 Å². The first-order valence-corrected chi connectivity index (χ1v) is 9.70. The van der Waals surface area contributed by atoms with Gasteiger partial charge >= 0.3 is 0 Å². The standard InChI is InChI=1S/C19H24N2O3S/c1-14(2)12-20-19(22)17-8-10-18(11-9-17)25(23,24)21-13-16-6-4-15(3)5-7-16/h4-11,14,21H,12-13H2,1-3H3,(H,20,22). The molecule has 0 saturated heterocycles. The molecule has 134 valence electrons. The molecular formula is C19H24N2O3S. The van der Waals surface area contributed by atoms with Gasteiger partial charge in [0, 0.05) is 18.7 Å². The van der Waals surface area contributed by atoms with Crippen LogP contribution in [-0.2, 0) is 16.6 Å². The van der Waals surface area contributed by atoms with Crippen molar-refractivity contribution in [2.45, 2.75) is 32.2 Å². The van der Waals surface area contributed by atoms with Crippen molar-refractivity contribution in [3.8, 4) is 0 Å². The summed E-state index contributed by atoms with van der Waals surface area (Å²) in [6, 6.07) is 13.6. The van der Waals surface area contributed by atoms with Crippen molar-refractivity contribution in [1.29, 1.82) is 0 Å². The van der Waals surface area contributed by atoms with Gasteiger partial charge in [-0.2, -0.15) is 0 Å². The lowest BCUT2D eigenvalue weighted by atomic mass is 10.2. The van der Waals surface area contributed by atoms with E-state index in [4.69, 9.17) is 0 Å². The predicted molar refractivity (Wildman–Crippen MR) is 98.8 cm³/mol. The highest BCUT2D eigenvalue weighted by Crippen LogP contribution is 2.12. The Morgan fingerprint density at radius 3 is 2.16 bits per heavy atom. The molecule has 0 aliphatic carbocycles. The van der Waals surface area contributed by atoms with E-state index in [1.807, 2.05) is 45.0 Å². The second-order valence-electron chi connectivity index (χ2n) is 6.44. The van der Waals surface area contributed by atoms with E-state index in [9.17, 15) is 13.2 Å². The maximum Gasteiger partial charge on any atom is 0.251 e. The Balaban J connectivity index is 2.01. The van der Waals surface area contributed by atoms with E-state index < -0.39 is 10.0 Å². The van der Waals surface area contributed by atoms with Crippen LogP contribution in [0.2, 0.25) is 0 Å². The summed E-state index contributed by atoms with van der Waals surface area (Å²) in [5, 5.41) is 2.80. The summed E-state index contributed by atoms with van der Waals surface area (Å²) in [7, 11) is -3.62. The van der Waals surface area contributed by atoms with E-state index in [2.05, 4.69) is 10.0 Å². The van der Waals surface area contributed by atoms with Crippen LogP contribution in [0.1, 0.15) is 35.3 Å². The molecule has 2 rings (SSSR count). The lowest BCUT2D eigenvalue weighted by Gasteiger charge is -2.09. The van der Waals surface area contributed by atoms with Gasteiger partial charge in [-0.3, -0.25) is 4.79 Å². The molecule has 2 aromatic rings. The molecule has 0 aliphatic heterocycles. The lowest BCUT2D eigenvalue weighted by Crippen LogP contribution is -2.27. The fourth-order valence-electron chi connectivity index (χ4n) is 2.15. The smallest absolute Gasteiger partial charge is 0.251 e. The highest BCUT2D eigenvalue weighted by molar-refractivity contribution is 7.89. The maximum atomic E-state index is 12.4. The average molecular weight is 360 g/mol. The number of aryl methyl sites for hydroxylation is 1. The van der Waals surface area contributed by atoms with Crippen molar-refractivity contribution in [1.82, 2.24) is 10.0 Å². The quantitative estimate of drug-likeness (QED) is 0.797. The normalized spacial score (nSPS) is 11.5.